The number of rotatable bonds is 2. The van der Waals surface area contributed by atoms with Crippen molar-refractivity contribution in [3.63, 3.8) is 0 Å². The fraction of sp³-hybridized carbons (Fsp3) is 0.615. The predicted molar refractivity (Wildman–Crippen MR) is 72.3 cm³/mol. The summed E-state index contributed by atoms with van der Waals surface area (Å²) in [6.07, 6.45) is 4.19. The number of aromatic nitrogens is 5. The van der Waals surface area contributed by atoms with Crippen molar-refractivity contribution in [2.24, 2.45) is 7.05 Å². The fourth-order valence-electron chi connectivity index (χ4n) is 2.90. The zero-order valence-electron chi connectivity index (χ0n) is 11.7. The molecule has 1 saturated heterocycles. The Balaban J connectivity index is 1.96. The summed E-state index contributed by atoms with van der Waals surface area (Å²) in [5.74, 6) is 2.54. The minimum atomic E-state index is 0.455. The Labute approximate surface area is 113 Å². The molecule has 6 heteroatoms. The molecule has 0 radical (unpaired) electrons. The van der Waals surface area contributed by atoms with E-state index in [1.807, 2.05) is 18.7 Å². The fourth-order valence-corrected chi connectivity index (χ4v) is 2.90. The van der Waals surface area contributed by atoms with Crippen LogP contribution in [-0.4, -0.2) is 49.6 Å². The summed E-state index contributed by atoms with van der Waals surface area (Å²) in [6, 6.07) is 2.07. The third kappa shape index (κ3) is 2.28. The van der Waals surface area contributed by atoms with Gasteiger partial charge in [0.25, 0.3) is 0 Å². The van der Waals surface area contributed by atoms with Gasteiger partial charge < -0.3 is 4.90 Å². The molecule has 102 valence electrons. The third-order valence-electron chi connectivity index (χ3n) is 3.79. The molecule has 2 aromatic heterocycles. The lowest BCUT2D eigenvalue weighted by molar-refractivity contribution is 0.244. The molecule has 0 N–H and O–H groups in total. The Morgan fingerprint density at radius 3 is 2.84 bits per heavy atom. The van der Waals surface area contributed by atoms with Crippen molar-refractivity contribution in [3.05, 3.63) is 23.9 Å². The van der Waals surface area contributed by atoms with Crippen LogP contribution in [0.2, 0.25) is 0 Å². The van der Waals surface area contributed by atoms with Crippen LogP contribution in [0, 0.1) is 6.92 Å². The molecule has 3 rings (SSSR count). The molecule has 0 saturated carbocycles. The summed E-state index contributed by atoms with van der Waals surface area (Å²) < 4.78 is 3.96. The van der Waals surface area contributed by atoms with Crippen LogP contribution in [0.5, 0.6) is 0 Å². The maximum Gasteiger partial charge on any atom is 0.142 e. The van der Waals surface area contributed by atoms with Crippen molar-refractivity contribution >= 4 is 0 Å². The number of hydrogen-bond acceptors (Lipinski definition) is 4. The van der Waals surface area contributed by atoms with Gasteiger partial charge in [0.15, 0.2) is 0 Å². The second-order valence-corrected chi connectivity index (χ2v) is 5.43. The number of likely N-dealkylation sites (tertiary alicyclic amines) is 1. The van der Waals surface area contributed by atoms with Crippen LogP contribution in [0.15, 0.2) is 12.4 Å². The van der Waals surface area contributed by atoms with Gasteiger partial charge in [-0.15, -0.1) is 10.2 Å². The molecule has 0 amide bonds. The van der Waals surface area contributed by atoms with E-state index in [-0.39, 0.29) is 0 Å². The Morgan fingerprint density at radius 2 is 2.16 bits per heavy atom. The first kappa shape index (κ1) is 12.3. The lowest BCUT2D eigenvalue weighted by atomic mass is 9.97. The Morgan fingerprint density at radius 1 is 1.32 bits per heavy atom. The van der Waals surface area contributed by atoms with E-state index in [0.29, 0.717) is 5.92 Å². The molecule has 19 heavy (non-hydrogen) atoms. The highest BCUT2D eigenvalue weighted by atomic mass is 15.4. The number of nitrogens with zero attached hydrogens (tertiary/aromatic N) is 6. The first-order valence-corrected chi connectivity index (χ1v) is 6.74. The lowest BCUT2D eigenvalue weighted by Crippen LogP contribution is -2.32. The first-order valence-electron chi connectivity index (χ1n) is 6.74. The van der Waals surface area contributed by atoms with Crippen molar-refractivity contribution in [3.8, 4) is 5.82 Å². The first-order chi connectivity index (χ1) is 9.15. The zero-order chi connectivity index (χ0) is 13.4. The molecular weight excluding hydrogens is 240 g/mol. The summed E-state index contributed by atoms with van der Waals surface area (Å²) in [5.41, 5.74) is 1.01. The zero-order valence-corrected chi connectivity index (χ0v) is 11.7. The molecule has 0 aromatic carbocycles. The average molecular weight is 260 g/mol. The number of likely N-dealkylation sites (N-methyl/N-ethyl adjacent to an activating group) is 1. The van der Waals surface area contributed by atoms with E-state index in [1.54, 1.807) is 6.33 Å². The normalized spacial score (nSPS) is 20.9. The van der Waals surface area contributed by atoms with E-state index in [0.717, 1.165) is 23.9 Å². The second-order valence-electron chi connectivity index (χ2n) is 5.43. The predicted octanol–water partition coefficient (Wildman–Crippen LogP) is 1.12. The molecule has 1 atom stereocenters. The van der Waals surface area contributed by atoms with E-state index in [9.17, 15) is 0 Å². The van der Waals surface area contributed by atoms with Crippen LogP contribution >= 0.6 is 0 Å². The van der Waals surface area contributed by atoms with Gasteiger partial charge in [-0.2, -0.15) is 5.10 Å². The van der Waals surface area contributed by atoms with Gasteiger partial charge in [0.05, 0.1) is 5.69 Å². The molecule has 1 aliphatic heterocycles. The molecule has 1 fully saturated rings. The lowest BCUT2D eigenvalue weighted by Gasteiger charge is -2.29. The van der Waals surface area contributed by atoms with Gasteiger partial charge in [-0.1, -0.05) is 0 Å². The maximum absolute atomic E-state index is 4.40. The van der Waals surface area contributed by atoms with Gasteiger partial charge in [0, 0.05) is 25.6 Å². The van der Waals surface area contributed by atoms with E-state index >= 15 is 0 Å². The van der Waals surface area contributed by atoms with Crippen molar-refractivity contribution in [1.29, 1.82) is 0 Å². The largest absolute Gasteiger partial charge is 0.306 e. The molecule has 6 nitrogen and oxygen atoms in total. The second kappa shape index (κ2) is 4.77. The smallest absolute Gasteiger partial charge is 0.142 e. The SMILES string of the molecule is Cc1cc(-n2cnnc2C2CCCN(C)C2)n(C)n1. The highest BCUT2D eigenvalue weighted by Crippen LogP contribution is 2.26. The van der Waals surface area contributed by atoms with E-state index in [1.165, 1.54) is 19.4 Å². The van der Waals surface area contributed by atoms with Crippen molar-refractivity contribution < 1.29 is 0 Å². The summed E-state index contributed by atoms with van der Waals surface area (Å²) >= 11 is 0. The van der Waals surface area contributed by atoms with E-state index in [4.69, 9.17) is 0 Å². The summed E-state index contributed by atoms with van der Waals surface area (Å²) in [6.45, 7) is 4.23. The Hall–Kier alpha value is -1.69. The summed E-state index contributed by atoms with van der Waals surface area (Å²) in [7, 11) is 4.13. The van der Waals surface area contributed by atoms with E-state index < -0.39 is 0 Å². The van der Waals surface area contributed by atoms with Gasteiger partial charge in [-0.3, -0.25) is 9.25 Å². The Kier molecular flexibility index (Phi) is 3.10. The van der Waals surface area contributed by atoms with Gasteiger partial charge in [-0.05, 0) is 33.4 Å². The van der Waals surface area contributed by atoms with Crippen LogP contribution in [-0.2, 0) is 7.05 Å². The highest BCUT2D eigenvalue weighted by Gasteiger charge is 2.24. The molecule has 3 heterocycles. The third-order valence-corrected chi connectivity index (χ3v) is 3.79. The molecule has 0 spiro atoms. The van der Waals surface area contributed by atoms with Crippen LogP contribution in [0.1, 0.15) is 30.3 Å². The summed E-state index contributed by atoms with van der Waals surface area (Å²) in [4.78, 5) is 2.36. The maximum atomic E-state index is 4.40. The van der Waals surface area contributed by atoms with Gasteiger partial charge in [0.1, 0.15) is 18.0 Å². The summed E-state index contributed by atoms with van der Waals surface area (Å²) in [5, 5.41) is 12.8. The van der Waals surface area contributed by atoms with E-state index in [2.05, 4.69) is 37.9 Å². The molecule has 1 unspecified atom stereocenters. The Bertz CT molecular complexity index is 569. The van der Waals surface area contributed by atoms with Crippen molar-refractivity contribution in [2.45, 2.75) is 25.7 Å². The monoisotopic (exact) mass is 260 g/mol. The highest BCUT2D eigenvalue weighted by molar-refractivity contribution is 5.27. The van der Waals surface area contributed by atoms with Crippen LogP contribution < -0.4 is 0 Å². The minimum Gasteiger partial charge on any atom is -0.306 e. The van der Waals surface area contributed by atoms with Gasteiger partial charge in [-0.25, -0.2) is 0 Å². The van der Waals surface area contributed by atoms with Crippen molar-refractivity contribution in [1.82, 2.24) is 29.4 Å². The quantitative estimate of drug-likeness (QED) is 0.812. The number of aryl methyl sites for hydroxylation is 2. The number of hydrogen-bond donors (Lipinski definition) is 0. The average Bonchev–Trinajstić information content (AvgIpc) is 2.95. The van der Waals surface area contributed by atoms with Gasteiger partial charge >= 0.3 is 0 Å². The molecule has 0 aliphatic carbocycles. The molecule has 1 aliphatic rings. The number of piperidine rings is 1. The molecule has 2 aromatic rings. The molecule has 0 bridgehead atoms. The van der Waals surface area contributed by atoms with Gasteiger partial charge in [0.2, 0.25) is 0 Å². The van der Waals surface area contributed by atoms with Crippen LogP contribution in [0.4, 0.5) is 0 Å². The molecular formula is C13H20N6. The van der Waals surface area contributed by atoms with Crippen molar-refractivity contribution in [2.75, 3.05) is 20.1 Å². The van der Waals surface area contributed by atoms with Crippen LogP contribution in [0.25, 0.3) is 5.82 Å². The standard InChI is InChI=1S/C13H20N6/c1-10-7-12(18(3)16-10)19-9-14-15-13(19)11-5-4-6-17(2)8-11/h7,9,11H,4-6,8H2,1-3H3. The minimum absolute atomic E-state index is 0.455. The van der Waals surface area contributed by atoms with Crippen LogP contribution in [0.3, 0.4) is 0 Å². The topological polar surface area (TPSA) is 51.8 Å².